The average molecular weight is 835 g/mol. The van der Waals surface area contributed by atoms with E-state index in [1.54, 1.807) is 84.9 Å². The summed E-state index contributed by atoms with van der Waals surface area (Å²) in [7, 11) is 1.49. The van der Waals surface area contributed by atoms with Gasteiger partial charge in [-0.3, -0.25) is 19.2 Å². The Labute approximate surface area is 334 Å². The second kappa shape index (κ2) is 17.6. The third-order valence-electron chi connectivity index (χ3n) is 10.6. The first-order valence-corrected chi connectivity index (χ1v) is 19.5. The number of aliphatic hydroxyl groups is 1. The van der Waals surface area contributed by atoms with E-state index in [2.05, 4.69) is 34.4 Å². The first-order valence-electron chi connectivity index (χ1n) is 18.2. The summed E-state index contributed by atoms with van der Waals surface area (Å²) in [6.45, 7) is 7.19. The molecule has 2 bridgehead atoms. The zero-order valence-corrected chi connectivity index (χ0v) is 32.8. The van der Waals surface area contributed by atoms with Crippen molar-refractivity contribution in [2.75, 3.05) is 31.8 Å². The molecule has 3 saturated heterocycles. The highest BCUT2D eigenvalue weighted by atomic mass is 79.9. The van der Waals surface area contributed by atoms with E-state index >= 15 is 9.59 Å². The lowest BCUT2D eigenvalue weighted by molar-refractivity contribution is -0.163. The Kier molecular flexibility index (Phi) is 12.9. The van der Waals surface area contributed by atoms with Crippen LogP contribution in [-0.4, -0.2) is 89.2 Å². The Morgan fingerprint density at radius 1 is 1.05 bits per heavy atom. The number of allylic oxidation sites excluding steroid dienone is 1. The molecule has 0 saturated carbocycles. The molecule has 0 aliphatic carbocycles. The fourth-order valence-corrected chi connectivity index (χ4v) is 9.40. The number of nitrogens with zero attached hydrogens (tertiary/aromatic N) is 2. The van der Waals surface area contributed by atoms with E-state index in [1.807, 2.05) is 12.1 Å². The highest BCUT2D eigenvalue weighted by Gasteiger charge is 2.78. The van der Waals surface area contributed by atoms with Gasteiger partial charge in [0.25, 0.3) is 5.91 Å². The quantitative estimate of drug-likeness (QED) is 0.100. The highest BCUT2D eigenvalue weighted by Crippen LogP contribution is 2.61. The summed E-state index contributed by atoms with van der Waals surface area (Å²) in [5.41, 5.74) is 0.261. The summed E-state index contributed by atoms with van der Waals surface area (Å²) >= 11 is 9.95. The van der Waals surface area contributed by atoms with E-state index < -0.39 is 77.0 Å². The second-order valence-corrected chi connectivity index (χ2v) is 15.6. The van der Waals surface area contributed by atoms with Gasteiger partial charge in [0.15, 0.2) is 0 Å². The lowest BCUT2D eigenvalue weighted by atomic mass is 9.70. The summed E-state index contributed by atoms with van der Waals surface area (Å²) in [6, 6.07) is 21.7. The van der Waals surface area contributed by atoms with Gasteiger partial charge in [-0.25, -0.2) is 0 Å². The number of hydrogen-bond donors (Lipinski definition) is 2. The normalized spacial score (nSPS) is 25.4. The van der Waals surface area contributed by atoms with E-state index in [-0.39, 0.29) is 31.9 Å². The molecular formula is C42H45BrClN3O8. The Morgan fingerprint density at radius 3 is 2.31 bits per heavy atom. The minimum atomic E-state index is -1.47. The van der Waals surface area contributed by atoms with Gasteiger partial charge in [0, 0.05) is 35.6 Å². The molecule has 2 N–H and O–H groups in total. The minimum absolute atomic E-state index is 0.0219. The predicted octanol–water partition coefficient (Wildman–Crippen LogP) is 5.72. The molecule has 1 spiro atoms. The first-order chi connectivity index (χ1) is 26.6. The molecule has 3 aromatic rings. The number of rotatable bonds is 17. The summed E-state index contributed by atoms with van der Waals surface area (Å²) in [6.07, 6.45) is 2.27. The number of hydrogen-bond acceptors (Lipinski definition) is 8. The van der Waals surface area contributed by atoms with Crippen molar-refractivity contribution in [1.82, 2.24) is 10.2 Å². The van der Waals surface area contributed by atoms with Crippen molar-refractivity contribution >= 4 is 56.9 Å². The van der Waals surface area contributed by atoms with E-state index in [4.69, 9.17) is 25.8 Å². The topological polar surface area (TPSA) is 135 Å². The molecule has 3 heterocycles. The average Bonchev–Trinajstić information content (AvgIpc) is 3.79. The van der Waals surface area contributed by atoms with Crippen LogP contribution in [0.3, 0.4) is 0 Å². The van der Waals surface area contributed by atoms with Gasteiger partial charge in [0.05, 0.1) is 43.2 Å². The molecule has 55 heavy (non-hydrogen) atoms. The zero-order valence-electron chi connectivity index (χ0n) is 30.5. The van der Waals surface area contributed by atoms with Gasteiger partial charge in [-0.1, -0.05) is 100 Å². The number of halogens is 2. The first kappa shape index (κ1) is 40.3. The van der Waals surface area contributed by atoms with Gasteiger partial charge in [0.1, 0.15) is 17.7 Å². The van der Waals surface area contributed by atoms with Crippen LogP contribution in [0.5, 0.6) is 0 Å². The Balaban J connectivity index is 1.42. The third kappa shape index (κ3) is 7.88. The van der Waals surface area contributed by atoms with Crippen LogP contribution < -0.4 is 10.2 Å². The summed E-state index contributed by atoms with van der Waals surface area (Å²) in [4.78, 5) is 60.4. The number of likely N-dealkylation sites (tertiary alicyclic amines) is 1. The molecule has 0 radical (unpaired) electrons. The van der Waals surface area contributed by atoms with E-state index in [9.17, 15) is 14.7 Å². The number of nitrogens with one attached hydrogen (secondary N) is 1. The van der Waals surface area contributed by atoms with Gasteiger partial charge < -0.3 is 34.4 Å². The van der Waals surface area contributed by atoms with Crippen LogP contribution in [0.15, 0.2) is 110 Å². The Bertz CT molecular complexity index is 1870. The van der Waals surface area contributed by atoms with Crippen LogP contribution in [0.2, 0.25) is 5.02 Å². The summed E-state index contributed by atoms with van der Waals surface area (Å²) in [5, 5.41) is 14.4. The number of methoxy groups -OCH3 is 1. The van der Waals surface area contributed by atoms with E-state index in [1.165, 1.54) is 16.9 Å². The molecule has 13 heteroatoms. The monoisotopic (exact) mass is 833 g/mol. The number of carbonyl (C=O) groups is 4. The molecule has 11 nitrogen and oxygen atoms in total. The second-order valence-electron chi connectivity index (χ2n) is 14.0. The maximum Gasteiger partial charge on any atom is 0.313 e. The standard InChI is InChI=1S/C42H45BrClN3O8/c1-4-6-17-33(49)45-31(25-53-3)36(27-15-11-8-12-16-27)54-41(52)34-35-39(50)47(32(24-48)26-13-9-7-10-14-26)38(42(35)23-30(43)37(34)55-42)40(51)46(22-5-2)29-20-18-28(44)19-21-29/h4-5,7-16,18-21,30-32,34-38,48H,1-2,6,17,22-25H2,3H3,(H,45,49)/t30?,31-,32+,34+,35-,36-,37+,38+,42-/m0/s1. The maximum atomic E-state index is 15.1. The van der Waals surface area contributed by atoms with Crippen molar-refractivity contribution < 1.29 is 38.5 Å². The molecule has 3 amide bonds. The van der Waals surface area contributed by atoms with Crippen LogP contribution in [0.1, 0.15) is 42.5 Å². The van der Waals surface area contributed by atoms with Crippen molar-refractivity contribution in [2.45, 2.75) is 60.0 Å². The highest BCUT2D eigenvalue weighted by molar-refractivity contribution is 9.09. The molecule has 6 rings (SSSR count). The van der Waals surface area contributed by atoms with Crippen molar-refractivity contribution in [2.24, 2.45) is 11.8 Å². The summed E-state index contributed by atoms with van der Waals surface area (Å²) in [5.74, 6) is -4.26. The molecular weight excluding hydrogens is 790 g/mol. The number of anilines is 1. The third-order valence-corrected chi connectivity index (χ3v) is 11.7. The number of alkyl halides is 1. The Hall–Kier alpha value is -4.33. The maximum absolute atomic E-state index is 15.1. The fourth-order valence-electron chi connectivity index (χ4n) is 8.33. The van der Waals surface area contributed by atoms with Gasteiger partial charge >= 0.3 is 5.97 Å². The minimum Gasteiger partial charge on any atom is -0.455 e. The van der Waals surface area contributed by atoms with Crippen LogP contribution in [0, 0.1) is 11.8 Å². The SMILES string of the molecule is C=CCCC(=O)N[C@@H](COC)[C@@H](OC(=O)[C@H]1[C@@H]2O[C@@]3(CC2Br)[C@@H]1C(=O)N([C@H](CO)c1ccccc1)[C@@H]3C(=O)N(CC=C)c1ccc(Cl)cc1)c1ccccc1. The molecule has 3 aliphatic rings. The number of amides is 3. The zero-order chi connectivity index (χ0) is 39.3. The Morgan fingerprint density at radius 2 is 1.71 bits per heavy atom. The fraction of sp³-hybridized carbons (Fsp3) is 0.381. The van der Waals surface area contributed by atoms with Gasteiger partial charge in [-0.05, 0) is 48.2 Å². The van der Waals surface area contributed by atoms with Gasteiger partial charge in [-0.15, -0.1) is 13.2 Å². The van der Waals surface area contributed by atoms with Crippen LogP contribution in [-0.2, 0) is 33.4 Å². The van der Waals surface area contributed by atoms with Gasteiger partial charge in [-0.2, -0.15) is 0 Å². The van der Waals surface area contributed by atoms with E-state index in [0.29, 0.717) is 28.3 Å². The van der Waals surface area contributed by atoms with Crippen molar-refractivity contribution in [3.05, 3.63) is 126 Å². The number of ether oxygens (including phenoxy) is 3. The smallest absolute Gasteiger partial charge is 0.313 e. The number of aliphatic hydroxyl groups excluding tert-OH is 1. The van der Waals surface area contributed by atoms with Crippen LogP contribution in [0.4, 0.5) is 5.69 Å². The number of esters is 1. The molecule has 0 aromatic heterocycles. The lowest BCUT2D eigenvalue weighted by Gasteiger charge is -2.39. The number of benzene rings is 3. The predicted molar refractivity (Wildman–Crippen MR) is 211 cm³/mol. The molecule has 9 atom stereocenters. The van der Waals surface area contributed by atoms with Gasteiger partial charge in [0.2, 0.25) is 11.8 Å². The molecule has 1 unspecified atom stereocenters. The lowest BCUT2D eigenvalue weighted by Crippen LogP contribution is -2.57. The van der Waals surface area contributed by atoms with Crippen molar-refractivity contribution in [1.29, 1.82) is 0 Å². The molecule has 290 valence electrons. The number of carbonyl (C=O) groups excluding carboxylic acids is 4. The van der Waals surface area contributed by atoms with Crippen molar-refractivity contribution in [3.8, 4) is 0 Å². The molecule has 3 aliphatic heterocycles. The van der Waals surface area contributed by atoms with Crippen LogP contribution in [0.25, 0.3) is 0 Å². The van der Waals surface area contributed by atoms with Crippen molar-refractivity contribution in [3.63, 3.8) is 0 Å². The van der Waals surface area contributed by atoms with E-state index in [0.717, 1.165) is 0 Å². The largest absolute Gasteiger partial charge is 0.455 e. The van der Waals surface area contributed by atoms with Crippen LogP contribution >= 0.6 is 27.5 Å². The molecule has 3 aromatic carbocycles. The molecule has 3 fully saturated rings. The summed E-state index contributed by atoms with van der Waals surface area (Å²) < 4.78 is 18.7. The number of fused-ring (bicyclic) bond motifs is 1.